The summed E-state index contributed by atoms with van der Waals surface area (Å²) in [6.07, 6.45) is 5.80. The highest BCUT2D eigenvalue weighted by atomic mass is 15.3. The molecule has 1 atom stereocenters. The highest BCUT2D eigenvalue weighted by Crippen LogP contribution is 2.23. The van der Waals surface area contributed by atoms with Gasteiger partial charge in [0.05, 0.1) is 12.5 Å². The van der Waals surface area contributed by atoms with E-state index in [1.165, 1.54) is 12.8 Å². The second kappa shape index (κ2) is 4.93. The zero-order chi connectivity index (χ0) is 11.4. The van der Waals surface area contributed by atoms with Gasteiger partial charge in [-0.2, -0.15) is 5.26 Å². The summed E-state index contributed by atoms with van der Waals surface area (Å²) in [6, 6.07) is 4.44. The zero-order valence-corrected chi connectivity index (χ0v) is 9.56. The molecule has 0 aromatic carbocycles. The molecule has 2 heterocycles. The van der Waals surface area contributed by atoms with Crippen LogP contribution in [0.1, 0.15) is 31.4 Å². The molecule has 0 amide bonds. The molecule has 1 fully saturated rings. The van der Waals surface area contributed by atoms with Crippen LogP contribution in [-0.2, 0) is 0 Å². The van der Waals surface area contributed by atoms with E-state index in [1.807, 2.05) is 13.0 Å². The first kappa shape index (κ1) is 10.9. The lowest BCUT2D eigenvalue weighted by Gasteiger charge is -2.34. The third-order valence-electron chi connectivity index (χ3n) is 2.99. The Morgan fingerprint density at radius 3 is 3.19 bits per heavy atom. The van der Waals surface area contributed by atoms with Crippen LogP contribution in [0.5, 0.6) is 0 Å². The van der Waals surface area contributed by atoms with Crippen LogP contribution in [0.2, 0.25) is 0 Å². The molecule has 0 spiro atoms. The van der Waals surface area contributed by atoms with Gasteiger partial charge in [0.15, 0.2) is 0 Å². The predicted octanol–water partition coefficient (Wildman–Crippen LogP) is 2.06. The van der Waals surface area contributed by atoms with Gasteiger partial charge >= 0.3 is 0 Å². The Morgan fingerprint density at radius 1 is 1.56 bits per heavy atom. The summed E-state index contributed by atoms with van der Waals surface area (Å²) in [5.74, 6) is 0.778. The van der Waals surface area contributed by atoms with E-state index >= 15 is 0 Å². The molecule has 1 aliphatic heterocycles. The number of hydrogen-bond acceptors (Lipinski definition) is 4. The van der Waals surface area contributed by atoms with Crippen molar-refractivity contribution in [1.82, 2.24) is 9.97 Å². The monoisotopic (exact) mass is 216 g/mol. The quantitative estimate of drug-likeness (QED) is 0.759. The van der Waals surface area contributed by atoms with E-state index in [2.05, 4.69) is 20.9 Å². The molecule has 1 aromatic heterocycles. The SMILES string of the molecule is Cc1ccnc(N2CCCCC2CC#N)n1. The van der Waals surface area contributed by atoms with Crippen LogP contribution in [0.15, 0.2) is 12.3 Å². The van der Waals surface area contributed by atoms with Gasteiger partial charge in [-0.05, 0) is 32.3 Å². The van der Waals surface area contributed by atoms with E-state index < -0.39 is 0 Å². The minimum Gasteiger partial charge on any atom is -0.337 e. The molecule has 1 aromatic rings. The minimum atomic E-state index is 0.292. The first-order chi connectivity index (χ1) is 7.81. The number of anilines is 1. The largest absolute Gasteiger partial charge is 0.337 e. The lowest BCUT2D eigenvalue weighted by molar-refractivity contribution is 0.457. The van der Waals surface area contributed by atoms with Crippen molar-refractivity contribution in [2.24, 2.45) is 0 Å². The molecule has 0 bridgehead atoms. The Bertz CT molecular complexity index is 396. The molecule has 2 rings (SSSR count). The first-order valence-electron chi connectivity index (χ1n) is 5.74. The second-order valence-corrected chi connectivity index (χ2v) is 4.20. The molecule has 1 saturated heterocycles. The molecule has 0 aliphatic carbocycles. The van der Waals surface area contributed by atoms with Crippen LogP contribution >= 0.6 is 0 Å². The summed E-state index contributed by atoms with van der Waals surface area (Å²) >= 11 is 0. The molecule has 0 saturated carbocycles. The van der Waals surface area contributed by atoms with Crippen molar-refractivity contribution in [3.05, 3.63) is 18.0 Å². The highest BCUT2D eigenvalue weighted by molar-refractivity contribution is 5.33. The van der Waals surface area contributed by atoms with Gasteiger partial charge in [-0.15, -0.1) is 0 Å². The van der Waals surface area contributed by atoms with Crippen molar-refractivity contribution in [3.63, 3.8) is 0 Å². The standard InChI is InChI=1S/C12H16N4/c1-10-6-8-14-12(15-10)16-9-3-2-4-11(16)5-7-13/h6,8,11H,2-5,9H2,1H3. The van der Waals surface area contributed by atoms with E-state index in [0.29, 0.717) is 12.5 Å². The van der Waals surface area contributed by atoms with Crippen LogP contribution in [0.4, 0.5) is 5.95 Å². The summed E-state index contributed by atoms with van der Waals surface area (Å²) < 4.78 is 0. The van der Waals surface area contributed by atoms with Gasteiger partial charge in [0.1, 0.15) is 0 Å². The number of hydrogen-bond donors (Lipinski definition) is 0. The van der Waals surface area contributed by atoms with Crippen molar-refractivity contribution in [2.75, 3.05) is 11.4 Å². The zero-order valence-electron chi connectivity index (χ0n) is 9.56. The fourth-order valence-corrected chi connectivity index (χ4v) is 2.16. The maximum Gasteiger partial charge on any atom is 0.225 e. The summed E-state index contributed by atoms with van der Waals surface area (Å²) in [5, 5.41) is 8.82. The van der Waals surface area contributed by atoms with Crippen LogP contribution in [-0.4, -0.2) is 22.6 Å². The number of rotatable bonds is 2. The third kappa shape index (κ3) is 2.30. The molecule has 0 radical (unpaired) electrons. The first-order valence-corrected chi connectivity index (χ1v) is 5.74. The smallest absolute Gasteiger partial charge is 0.225 e. The lowest BCUT2D eigenvalue weighted by atomic mass is 10.0. The van der Waals surface area contributed by atoms with Crippen molar-refractivity contribution < 1.29 is 0 Å². The van der Waals surface area contributed by atoms with Crippen LogP contribution in [0.25, 0.3) is 0 Å². The molecule has 1 aliphatic rings. The molecular formula is C12H16N4. The van der Waals surface area contributed by atoms with Gasteiger partial charge in [0.2, 0.25) is 5.95 Å². The lowest BCUT2D eigenvalue weighted by Crippen LogP contribution is -2.40. The Labute approximate surface area is 95.9 Å². The topological polar surface area (TPSA) is 52.8 Å². The van der Waals surface area contributed by atoms with Crippen molar-refractivity contribution in [2.45, 2.75) is 38.6 Å². The van der Waals surface area contributed by atoms with Crippen molar-refractivity contribution >= 4 is 5.95 Å². The Balaban J connectivity index is 2.20. The molecule has 4 nitrogen and oxygen atoms in total. The van der Waals surface area contributed by atoms with E-state index in [9.17, 15) is 0 Å². The molecule has 84 valence electrons. The molecule has 1 unspecified atom stereocenters. The van der Waals surface area contributed by atoms with Gasteiger partial charge in [-0.3, -0.25) is 0 Å². The normalized spacial score (nSPS) is 20.5. The Hall–Kier alpha value is -1.63. The second-order valence-electron chi connectivity index (χ2n) is 4.20. The average molecular weight is 216 g/mol. The fourth-order valence-electron chi connectivity index (χ4n) is 2.16. The fraction of sp³-hybridized carbons (Fsp3) is 0.583. The molecule has 16 heavy (non-hydrogen) atoms. The number of aryl methyl sites for hydroxylation is 1. The van der Waals surface area contributed by atoms with Crippen LogP contribution in [0, 0.1) is 18.3 Å². The van der Waals surface area contributed by atoms with E-state index in [0.717, 1.165) is 24.6 Å². The summed E-state index contributed by atoms with van der Waals surface area (Å²) in [7, 11) is 0. The number of aromatic nitrogens is 2. The van der Waals surface area contributed by atoms with E-state index in [-0.39, 0.29) is 0 Å². The van der Waals surface area contributed by atoms with Gasteiger partial charge in [-0.25, -0.2) is 9.97 Å². The third-order valence-corrected chi connectivity index (χ3v) is 2.99. The average Bonchev–Trinajstić information content (AvgIpc) is 2.30. The Kier molecular flexibility index (Phi) is 3.35. The minimum absolute atomic E-state index is 0.292. The predicted molar refractivity (Wildman–Crippen MR) is 62.0 cm³/mol. The van der Waals surface area contributed by atoms with Gasteiger partial charge in [0.25, 0.3) is 0 Å². The van der Waals surface area contributed by atoms with E-state index in [1.54, 1.807) is 6.20 Å². The summed E-state index contributed by atoms with van der Waals surface area (Å²) in [6.45, 7) is 2.93. The maximum absolute atomic E-state index is 8.82. The number of nitrogens with zero attached hydrogens (tertiary/aromatic N) is 4. The van der Waals surface area contributed by atoms with E-state index in [4.69, 9.17) is 5.26 Å². The van der Waals surface area contributed by atoms with Crippen molar-refractivity contribution in [1.29, 1.82) is 5.26 Å². The van der Waals surface area contributed by atoms with Crippen LogP contribution in [0.3, 0.4) is 0 Å². The van der Waals surface area contributed by atoms with Gasteiger partial charge in [-0.1, -0.05) is 0 Å². The van der Waals surface area contributed by atoms with Crippen molar-refractivity contribution in [3.8, 4) is 6.07 Å². The summed E-state index contributed by atoms with van der Waals surface area (Å²) in [4.78, 5) is 10.9. The van der Waals surface area contributed by atoms with Gasteiger partial charge in [0, 0.05) is 24.5 Å². The van der Waals surface area contributed by atoms with Crippen LogP contribution < -0.4 is 4.90 Å². The summed E-state index contributed by atoms with van der Waals surface area (Å²) in [5.41, 5.74) is 0.978. The maximum atomic E-state index is 8.82. The highest BCUT2D eigenvalue weighted by Gasteiger charge is 2.24. The molecule has 0 N–H and O–H groups in total. The number of nitriles is 1. The number of piperidine rings is 1. The Morgan fingerprint density at radius 2 is 2.44 bits per heavy atom. The molecule has 4 heteroatoms. The molecular weight excluding hydrogens is 200 g/mol. The van der Waals surface area contributed by atoms with Gasteiger partial charge < -0.3 is 4.90 Å².